The van der Waals surface area contributed by atoms with Gasteiger partial charge in [0.25, 0.3) is 10.0 Å². The van der Waals surface area contributed by atoms with E-state index < -0.39 is 37.8 Å². The van der Waals surface area contributed by atoms with Gasteiger partial charge in [-0.15, -0.1) is 0 Å². The molecule has 0 aliphatic rings. The molecule has 2 heterocycles. The van der Waals surface area contributed by atoms with E-state index in [2.05, 4.69) is 27.0 Å². The van der Waals surface area contributed by atoms with Gasteiger partial charge in [-0.05, 0) is 67.9 Å². The van der Waals surface area contributed by atoms with Gasteiger partial charge in [0, 0.05) is 9.86 Å². The number of nitriles is 1. The highest BCUT2D eigenvalue weighted by molar-refractivity contribution is 9.10. The average molecular weight is 615 g/mol. The standard InChI is InChI=1S/C27H18BrF3N4O3S/c1-26(2,15-32)16-6-9-19(10-7-16)34-24-21-13-18(28)8-11-22(21)33-14-23(24)35(25(34)36)39(37,38)20-5-3-4-17(12-20)27(29,30)31/h3-14H,1-2H3. The van der Waals surface area contributed by atoms with Crippen LogP contribution in [0.2, 0.25) is 0 Å². The number of imidazole rings is 1. The van der Waals surface area contributed by atoms with E-state index >= 15 is 0 Å². The number of pyridine rings is 1. The number of benzene rings is 3. The number of hydrogen-bond donors (Lipinski definition) is 0. The predicted molar refractivity (Wildman–Crippen MR) is 143 cm³/mol. The first-order valence-corrected chi connectivity index (χ1v) is 13.7. The summed E-state index contributed by atoms with van der Waals surface area (Å²) in [6.07, 6.45) is -3.57. The van der Waals surface area contributed by atoms with Crippen LogP contribution in [0, 0.1) is 11.3 Å². The fourth-order valence-corrected chi connectivity index (χ4v) is 6.09. The molecule has 0 spiro atoms. The lowest BCUT2D eigenvalue weighted by Crippen LogP contribution is -2.29. The van der Waals surface area contributed by atoms with Crippen molar-refractivity contribution in [2.45, 2.75) is 30.3 Å². The molecule has 5 rings (SSSR count). The fourth-order valence-electron chi connectivity index (χ4n) is 4.32. The van der Waals surface area contributed by atoms with Gasteiger partial charge in [0.1, 0.15) is 5.52 Å². The van der Waals surface area contributed by atoms with E-state index in [1.807, 2.05) is 0 Å². The molecule has 0 amide bonds. The Morgan fingerprint density at radius 3 is 2.31 bits per heavy atom. The first-order chi connectivity index (χ1) is 18.3. The quantitative estimate of drug-likeness (QED) is 0.241. The van der Waals surface area contributed by atoms with Crippen LogP contribution in [-0.4, -0.2) is 21.9 Å². The molecule has 0 aliphatic heterocycles. The highest BCUT2D eigenvalue weighted by Crippen LogP contribution is 2.33. The molecule has 39 heavy (non-hydrogen) atoms. The minimum absolute atomic E-state index is 0.107. The smallest absolute Gasteiger partial charge is 0.259 e. The lowest BCUT2D eigenvalue weighted by molar-refractivity contribution is -0.137. The summed E-state index contributed by atoms with van der Waals surface area (Å²) in [5.74, 6) is 0. The van der Waals surface area contributed by atoms with Gasteiger partial charge in [-0.1, -0.05) is 34.1 Å². The van der Waals surface area contributed by atoms with Crippen LogP contribution in [0.1, 0.15) is 25.0 Å². The monoisotopic (exact) mass is 614 g/mol. The molecular weight excluding hydrogens is 597 g/mol. The molecule has 0 unspecified atom stereocenters. The Morgan fingerprint density at radius 2 is 1.67 bits per heavy atom. The number of nitrogens with zero attached hydrogens (tertiary/aromatic N) is 4. The molecule has 7 nitrogen and oxygen atoms in total. The summed E-state index contributed by atoms with van der Waals surface area (Å²) in [5, 5.41) is 9.92. The molecule has 5 aromatic rings. The zero-order valence-corrected chi connectivity index (χ0v) is 22.8. The highest BCUT2D eigenvalue weighted by Gasteiger charge is 2.33. The second kappa shape index (κ2) is 9.07. The minimum Gasteiger partial charge on any atom is -0.259 e. The van der Waals surface area contributed by atoms with Crippen molar-refractivity contribution in [3.63, 3.8) is 0 Å². The maximum Gasteiger partial charge on any atom is 0.416 e. The zero-order valence-electron chi connectivity index (χ0n) is 20.4. The zero-order chi connectivity index (χ0) is 28.3. The van der Waals surface area contributed by atoms with E-state index in [1.165, 1.54) is 10.8 Å². The Bertz CT molecular complexity index is 1990. The number of alkyl halides is 3. The molecule has 0 saturated heterocycles. The Kier molecular flexibility index (Phi) is 6.19. The molecule has 0 bridgehead atoms. The van der Waals surface area contributed by atoms with E-state index in [1.54, 1.807) is 56.3 Å². The van der Waals surface area contributed by atoms with Gasteiger partial charge in [0.05, 0.1) is 44.9 Å². The summed E-state index contributed by atoms with van der Waals surface area (Å²) in [6.45, 7) is 3.47. The van der Waals surface area contributed by atoms with Crippen molar-refractivity contribution in [2.75, 3.05) is 0 Å². The van der Waals surface area contributed by atoms with Gasteiger partial charge in [-0.3, -0.25) is 9.55 Å². The van der Waals surface area contributed by atoms with E-state index in [9.17, 15) is 31.6 Å². The molecule has 198 valence electrons. The van der Waals surface area contributed by atoms with Crippen LogP contribution in [0.5, 0.6) is 0 Å². The second-order valence-corrected chi connectivity index (χ2v) is 12.1. The van der Waals surface area contributed by atoms with E-state index in [4.69, 9.17) is 0 Å². The number of rotatable bonds is 4. The maximum atomic E-state index is 13.9. The van der Waals surface area contributed by atoms with Crippen molar-refractivity contribution in [3.05, 3.63) is 99.0 Å². The van der Waals surface area contributed by atoms with Gasteiger partial charge in [0.15, 0.2) is 0 Å². The average Bonchev–Trinajstić information content (AvgIpc) is 3.21. The molecule has 0 N–H and O–H groups in total. The Hall–Kier alpha value is -3.95. The first-order valence-electron chi connectivity index (χ1n) is 11.4. The lowest BCUT2D eigenvalue weighted by Gasteiger charge is -2.16. The Labute approximate surface area is 228 Å². The van der Waals surface area contributed by atoms with Gasteiger partial charge in [0.2, 0.25) is 0 Å². The molecule has 0 fully saturated rings. The number of hydrogen-bond acceptors (Lipinski definition) is 5. The molecule has 0 aliphatic carbocycles. The third-order valence-corrected chi connectivity index (χ3v) is 8.59. The summed E-state index contributed by atoms with van der Waals surface area (Å²) < 4.78 is 69.9. The van der Waals surface area contributed by atoms with Crippen LogP contribution in [0.3, 0.4) is 0 Å². The minimum atomic E-state index is -4.79. The van der Waals surface area contributed by atoms with Crippen molar-refractivity contribution >= 4 is 47.9 Å². The van der Waals surface area contributed by atoms with Crippen LogP contribution in [0.4, 0.5) is 13.2 Å². The fraction of sp³-hybridized carbons (Fsp3) is 0.148. The summed E-state index contributed by atoms with van der Waals surface area (Å²) in [7, 11) is -4.79. The Morgan fingerprint density at radius 1 is 0.974 bits per heavy atom. The van der Waals surface area contributed by atoms with Crippen molar-refractivity contribution in [1.82, 2.24) is 13.5 Å². The van der Waals surface area contributed by atoms with Crippen LogP contribution < -0.4 is 5.69 Å². The van der Waals surface area contributed by atoms with Gasteiger partial charge in [-0.25, -0.2) is 13.2 Å². The molecule has 3 aromatic carbocycles. The molecule has 12 heteroatoms. The number of aromatic nitrogens is 3. The van der Waals surface area contributed by atoms with Crippen LogP contribution in [-0.2, 0) is 21.6 Å². The van der Waals surface area contributed by atoms with Crippen molar-refractivity contribution in [2.24, 2.45) is 0 Å². The molecule has 0 atom stereocenters. The van der Waals surface area contributed by atoms with Crippen LogP contribution in [0.25, 0.3) is 27.6 Å². The second-order valence-electron chi connectivity index (χ2n) is 9.35. The molecule has 0 saturated carbocycles. The summed E-state index contributed by atoms with van der Waals surface area (Å²) >= 11 is 3.39. The van der Waals surface area contributed by atoms with Gasteiger partial charge < -0.3 is 0 Å². The summed E-state index contributed by atoms with van der Waals surface area (Å²) in [4.78, 5) is 17.5. The third kappa shape index (κ3) is 4.41. The molecular formula is C27H18BrF3N4O3S. The predicted octanol–water partition coefficient (Wildman–Crippen LogP) is 6.16. The maximum absolute atomic E-state index is 13.9. The number of halogens is 4. The highest BCUT2D eigenvalue weighted by atomic mass is 79.9. The third-order valence-electron chi connectivity index (χ3n) is 6.42. The molecule has 0 radical (unpaired) electrons. The van der Waals surface area contributed by atoms with E-state index in [0.717, 1.165) is 18.2 Å². The van der Waals surface area contributed by atoms with Crippen molar-refractivity contribution < 1.29 is 21.6 Å². The van der Waals surface area contributed by atoms with E-state index in [0.29, 0.717) is 36.7 Å². The number of fused-ring (bicyclic) bond motifs is 3. The van der Waals surface area contributed by atoms with Crippen LogP contribution in [0.15, 0.2) is 87.1 Å². The van der Waals surface area contributed by atoms with Gasteiger partial charge >= 0.3 is 11.9 Å². The molecule has 2 aromatic heterocycles. The summed E-state index contributed by atoms with van der Waals surface area (Å²) in [6, 6.07) is 17.0. The Balaban J connectivity index is 1.86. The lowest BCUT2D eigenvalue weighted by atomic mass is 9.86. The SMILES string of the molecule is CC(C)(C#N)c1ccc(-n2c(=O)n(S(=O)(=O)c3cccc(C(F)(F)F)c3)c3cnc4ccc(Br)cc4c32)cc1. The van der Waals surface area contributed by atoms with Crippen molar-refractivity contribution in [1.29, 1.82) is 5.26 Å². The van der Waals surface area contributed by atoms with Gasteiger partial charge in [-0.2, -0.15) is 22.4 Å². The first kappa shape index (κ1) is 26.6. The van der Waals surface area contributed by atoms with Crippen molar-refractivity contribution in [3.8, 4) is 11.8 Å². The normalized spacial score (nSPS) is 12.6. The largest absolute Gasteiger partial charge is 0.416 e. The van der Waals surface area contributed by atoms with Crippen LogP contribution >= 0.6 is 15.9 Å². The topological polar surface area (TPSA) is 97.7 Å². The summed E-state index contributed by atoms with van der Waals surface area (Å²) in [5.41, 5.74) is -1.45. The van der Waals surface area contributed by atoms with E-state index in [-0.39, 0.29) is 11.0 Å².